The van der Waals surface area contributed by atoms with Crippen LogP contribution in [0.3, 0.4) is 0 Å². The lowest BCUT2D eigenvalue weighted by Gasteiger charge is -2.36. The van der Waals surface area contributed by atoms with Crippen LogP contribution < -0.4 is 15.3 Å². The van der Waals surface area contributed by atoms with Crippen molar-refractivity contribution in [2.45, 2.75) is 52.7 Å². The first-order valence-corrected chi connectivity index (χ1v) is 12.3. The number of hydrogen-bond acceptors (Lipinski definition) is 5. The van der Waals surface area contributed by atoms with Crippen LogP contribution in [0.4, 0.5) is 16.2 Å². The number of hydrogen-bond donors (Lipinski definition) is 1. The number of anilines is 2. The fourth-order valence-electron chi connectivity index (χ4n) is 4.52. The highest BCUT2D eigenvalue weighted by Gasteiger charge is 2.32. The number of fused-ring (bicyclic) bond motifs is 1. The van der Waals surface area contributed by atoms with Crippen molar-refractivity contribution in [1.29, 1.82) is 0 Å². The Hall–Kier alpha value is -3.03. The predicted molar refractivity (Wildman–Crippen MR) is 139 cm³/mol. The molecule has 8 heteroatoms. The van der Waals surface area contributed by atoms with E-state index >= 15 is 0 Å². The van der Waals surface area contributed by atoms with Crippen LogP contribution in [0.1, 0.15) is 45.2 Å². The number of nitrogens with one attached hydrogen (secondary N) is 1. The van der Waals surface area contributed by atoms with Crippen LogP contribution in [0.25, 0.3) is 0 Å². The molecule has 0 aliphatic carbocycles. The lowest BCUT2D eigenvalue weighted by molar-refractivity contribution is -0.115. The van der Waals surface area contributed by atoms with E-state index in [9.17, 15) is 9.59 Å². The topological polar surface area (TPSA) is 65.1 Å². The molecule has 0 radical (unpaired) electrons. The third-order valence-electron chi connectivity index (χ3n) is 6.24. The molecule has 186 valence electrons. The van der Waals surface area contributed by atoms with Crippen molar-refractivity contribution in [3.05, 3.63) is 69.9 Å². The van der Waals surface area contributed by atoms with Gasteiger partial charge in [-0.2, -0.15) is 0 Å². The van der Waals surface area contributed by atoms with Crippen molar-refractivity contribution < 1.29 is 14.3 Å². The van der Waals surface area contributed by atoms with Crippen LogP contribution in [0.5, 0.6) is 0 Å². The summed E-state index contributed by atoms with van der Waals surface area (Å²) in [4.78, 5) is 29.9. The average Bonchev–Trinajstić information content (AvgIpc) is 2.80. The summed E-state index contributed by atoms with van der Waals surface area (Å²) in [5.74, 6) is -0.0807. The number of benzene rings is 2. The number of halogens is 1. The summed E-state index contributed by atoms with van der Waals surface area (Å²) < 4.78 is 5.57. The van der Waals surface area contributed by atoms with Gasteiger partial charge >= 0.3 is 6.09 Å². The third kappa shape index (κ3) is 5.46. The first kappa shape index (κ1) is 25.1. The minimum absolute atomic E-state index is 0.0807. The van der Waals surface area contributed by atoms with E-state index in [0.717, 1.165) is 35.4 Å². The summed E-state index contributed by atoms with van der Waals surface area (Å²) in [6.07, 6.45) is 1.20. The highest BCUT2D eigenvalue weighted by Crippen LogP contribution is 2.32. The van der Waals surface area contributed by atoms with Gasteiger partial charge in [0, 0.05) is 37.4 Å². The molecule has 2 aromatic rings. The maximum atomic E-state index is 13.8. The van der Waals surface area contributed by atoms with Gasteiger partial charge in [0.25, 0.3) is 5.91 Å². The fraction of sp³-hybridized carbons (Fsp3) is 0.407. The van der Waals surface area contributed by atoms with E-state index < -0.39 is 5.60 Å². The molecule has 0 atom stereocenters. The standard InChI is InChI=1S/C27H33ClN4O3/c1-18-11-14-31(25(33)24(18)32(29-5)23-8-6-7-21(28)16-23)22-10-9-19-12-13-30(17-20(19)15-22)26(34)35-27(2,3)4/h6-10,15-16,29H,11-14,17H2,1-5H3. The lowest BCUT2D eigenvalue weighted by atomic mass is 9.98. The Morgan fingerprint density at radius 1 is 1.09 bits per heavy atom. The number of ether oxygens (including phenoxy) is 1. The second kappa shape index (κ2) is 9.91. The van der Waals surface area contributed by atoms with Crippen LogP contribution in [0.15, 0.2) is 53.7 Å². The van der Waals surface area contributed by atoms with E-state index in [1.165, 1.54) is 5.56 Å². The molecule has 0 saturated carbocycles. The number of carbonyl (C=O) groups excluding carboxylic acids is 2. The smallest absolute Gasteiger partial charge is 0.410 e. The molecule has 0 saturated heterocycles. The molecule has 0 fully saturated rings. The van der Waals surface area contributed by atoms with Gasteiger partial charge < -0.3 is 14.5 Å². The van der Waals surface area contributed by atoms with Crippen molar-refractivity contribution in [1.82, 2.24) is 10.3 Å². The summed E-state index contributed by atoms with van der Waals surface area (Å²) in [5, 5.41) is 2.39. The molecule has 4 rings (SSSR count). The molecule has 2 aliphatic heterocycles. The zero-order valence-corrected chi connectivity index (χ0v) is 21.8. The van der Waals surface area contributed by atoms with Crippen molar-refractivity contribution in [3.63, 3.8) is 0 Å². The molecule has 1 N–H and O–H groups in total. The normalized spacial score (nSPS) is 16.3. The highest BCUT2D eigenvalue weighted by molar-refractivity contribution is 6.30. The summed E-state index contributed by atoms with van der Waals surface area (Å²) >= 11 is 6.22. The van der Waals surface area contributed by atoms with Gasteiger partial charge in [0.15, 0.2) is 0 Å². The Morgan fingerprint density at radius 2 is 1.86 bits per heavy atom. The molecule has 2 aliphatic rings. The third-order valence-corrected chi connectivity index (χ3v) is 6.48. The van der Waals surface area contributed by atoms with Gasteiger partial charge in [-0.25, -0.2) is 10.2 Å². The van der Waals surface area contributed by atoms with Crippen LogP contribution in [-0.4, -0.2) is 42.6 Å². The number of amides is 2. The van der Waals surface area contributed by atoms with Gasteiger partial charge in [0.2, 0.25) is 0 Å². The zero-order chi connectivity index (χ0) is 25.3. The molecule has 2 aromatic carbocycles. The summed E-state index contributed by atoms with van der Waals surface area (Å²) in [5.41, 5.74) is 8.06. The first-order valence-electron chi connectivity index (χ1n) is 11.9. The summed E-state index contributed by atoms with van der Waals surface area (Å²) in [7, 11) is 1.79. The molecule has 0 spiro atoms. The van der Waals surface area contributed by atoms with E-state index in [-0.39, 0.29) is 12.0 Å². The van der Waals surface area contributed by atoms with Crippen LogP contribution in [0.2, 0.25) is 5.02 Å². The van der Waals surface area contributed by atoms with Crippen LogP contribution in [0, 0.1) is 0 Å². The zero-order valence-electron chi connectivity index (χ0n) is 21.0. The predicted octanol–water partition coefficient (Wildman–Crippen LogP) is 5.28. The van der Waals surface area contributed by atoms with E-state index in [4.69, 9.17) is 16.3 Å². The van der Waals surface area contributed by atoms with Gasteiger partial charge in [-0.1, -0.05) is 23.7 Å². The molecule has 7 nitrogen and oxygen atoms in total. The number of rotatable bonds is 4. The number of carbonyl (C=O) groups is 2. The van der Waals surface area contributed by atoms with Gasteiger partial charge in [-0.05, 0) is 87.6 Å². The molecule has 0 unspecified atom stereocenters. The van der Waals surface area contributed by atoms with Gasteiger partial charge in [0.1, 0.15) is 11.3 Å². The number of nitrogens with zero attached hydrogens (tertiary/aromatic N) is 3. The van der Waals surface area contributed by atoms with Crippen molar-refractivity contribution in [2.75, 3.05) is 30.0 Å². The Kier molecular flexibility index (Phi) is 7.10. The minimum Gasteiger partial charge on any atom is -0.444 e. The Balaban J connectivity index is 1.59. The molecule has 0 aromatic heterocycles. The molecular weight excluding hydrogens is 464 g/mol. The van der Waals surface area contributed by atoms with E-state index in [1.54, 1.807) is 17.0 Å². The highest BCUT2D eigenvalue weighted by atomic mass is 35.5. The van der Waals surface area contributed by atoms with Crippen molar-refractivity contribution in [3.8, 4) is 0 Å². The number of hydrazine groups is 1. The van der Waals surface area contributed by atoms with Gasteiger partial charge in [-0.15, -0.1) is 0 Å². The van der Waals surface area contributed by atoms with Crippen molar-refractivity contribution >= 4 is 35.0 Å². The fourth-order valence-corrected chi connectivity index (χ4v) is 4.71. The quantitative estimate of drug-likeness (QED) is 0.583. The maximum absolute atomic E-state index is 13.8. The second-order valence-corrected chi connectivity index (χ2v) is 10.4. The molecular formula is C27H33ClN4O3. The van der Waals surface area contributed by atoms with Gasteiger partial charge in [-0.3, -0.25) is 9.80 Å². The second-order valence-electron chi connectivity index (χ2n) is 9.98. The molecule has 2 heterocycles. The van der Waals surface area contributed by atoms with Crippen molar-refractivity contribution in [2.24, 2.45) is 0 Å². The van der Waals surface area contributed by atoms with E-state index in [1.807, 2.05) is 69.0 Å². The van der Waals surface area contributed by atoms with E-state index in [2.05, 4.69) is 11.5 Å². The molecule has 0 bridgehead atoms. The summed E-state index contributed by atoms with van der Waals surface area (Å²) in [6.45, 7) is 9.27. The van der Waals surface area contributed by atoms with Crippen LogP contribution in [-0.2, 0) is 22.5 Å². The molecule has 2 amide bonds. The first-order chi connectivity index (χ1) is 16.6. The lowest BCUT2D eigenvalue weighted by Crippen LogP contribution is -2.47. The van der Waals surface area contributed by atoms with E-state index in [0.29, 0.717) is 30.4 Å². The SMILES string of the molecule is CNN(C1=C(C)CCN(c2ccc3c(c2)CN(C(=O)OC(C)(C)C)CC3)C1=O)c1cccc(Cl)c1. The van der Waals surface area contributed by atoms with Crippen LogP contribution >= 0.6 is 11.6 Å². The molecule has 35 heavy (non-hydrogen) atoms. The minimum atomic E-state index is -0.539. The Bertz CT molecular complexity index is 1170. The Labute approximate surface area is 212 Å². The average molecular weight is 497 g/mol. The largest absolute Gasteiger partial charge is 0.444 e. The summed E-state index contributed by atoms with van der Waals surface area (Å²) in [6, 6.07) is 13.5. The van der Waals surface area contributed by atoms with Gasteiger partial charge in [0.05, 0.1) is 5.69 Å². The Morgan fingerprint density at radius 3 is 2.54 bits per heavy atom. The monoisotopic (exact) mass is 496 g/mol. The maximum Gasteiger partial charge on any atom is 0.410 e.